The van der Waals surface area contributed by atoms with E-state index in [4.69, 9.17) is 0 Å². The maximum atomic E-state index is 13.1. The molecule has 1 atom stereocenters. The first kappa shape index (κ1) is 19.9. The molecule has 5 rings (SSSR count). The highest BCUT2D eigenvalue weighted by Gasteiger charge is 2.27. The van der Waals surface area contributed by atoms with Crippen molar-refractivity contribution < 1.29 is 14.8 Å². The number of aromatic amines is 1. The Bertz CT molecular complexity index is 1130. The average molecular weight is 421 g/mol. The third-order valence-electron chi connectivity index (χ3n) is 5.73. The summed E-state index contributed by atoms with van der Waals surface area (Å²) >= 11 is 0. The van der Waals surface area contributed by atoms with Gasteiger partial charge in [-0.3, -0.25) is 9.89 Å². The molecule has 1 aliphatic heterocycles. The third kappa shape index (κ3) is 4.11. The van der Waals surface area contributed by atoms with Crippen LogP contribution in [0.3, 0.4) is 0 Å². The van der Waals surface area contributed by atoms with E-state index >= 15 is 0 Å². The van der Waals surface area contributed by atoms with Crippen LogP contribution < -0.4 is 16.1 Å². The second kappa shape index (κ2) is 7.91. The van der Waals surface area contributed by atoms with E-state index in [9.17, 15) is 14.8 Å². The van der Waals surface area contributed by atoms with Gasteiger partial charge in [0.2, 0.25) is 5.82 Å². The van der Waals surface area contributed by atoms with Crippen LogP contribution in [-0.2, 0) is 0 Å². The first-order valence-electron chi connectivity index (χ1n) is 10.5. The lowest BCUT2D eigenvalue weighted by atomic mass is 9.80. The van der Waals surface area contributed by atoms with Crippen molar-refractivity contribution >= 4 is 41.0 Å². The topological polar surface area (TPSA) is 139 Å². The molecule has 3 heterocycles. The molecule has 160 valence electrons. The molecule has 2 aromatic heterocycles. The van der Waals surface area contributed by atoms with Crippen LogP contribution in [0.25, 0.3) is 10.9 Å². The first-order valence-corrected chi connectivity index (χ1v) is 10.5. The summed E-state index contributed by atoms with van der Waals surface area (Å²) in [5, 5.41) is 33.6. The number of H-pyrrole nitrogens is 1. The number of rotatable bonds is 5. The number of nitrogens with zero attached hydrogens (tertiary/aromatic N) is 4. The molecule has 1 saturated heterocycles. The molecule has 1 aliphatic carbocycles. The minimum atomic E-state index is -1.62. The molecule has 1 amide bonds. The number of amides is 1. The van der Waals surface area contributed by atoms with Crippen molar-refractivity contribution in [2.75, 3.05) is 25.0 Å². The number of fused-ring (bicyclic) bond motifs is 1. The number of benzene rings is 1. The molecule has 2 fully saturated rings. The molecule has 0 spiro atoms. The van der Waals surface area contributed by atoms with E-state index in [0.29, 0.717) is 47.0 Å². The zero-order chi connectivity index (χ0) is 21.5. The number of anilines is 2. The Labute approximate surface area is 179 Å². The maximum absolute atomic E-state index is 13.1. The van der Waals surface area contributed by atoms with Gasteiger partial charge in [0.15, 0.2) is 5.82 Å². The van der Waals surface area contributed by atoms with Gasteiger partial charge in [0.05, 0.1) is 5.52 Å². The predicted molar refractivity (Wildman–Crippen MR) is 117 cm³/mol. The molecule has 0 radical (unpaired) electrons. The van der Waals surface area contributed by atoms with E-state index in [-0.39, 0.29) is 17.8 Å². The van der Waals surface area contributed by atoms with Crippen molar-refractivity contribution in [2.45, 2.75) is 31.7 Å². The largest absolute Gasteiger partial charge is 0.488 e. The zero-order valence-corrected chi connectivity index (χ0v) is 17.2. The predicted octanol–water partition coefficient (Wildman–Crippen LogP) is 0.0876. The minimum absolute atomic E-state index is 0.0966. The molecule has 11 heteroatoms. The van der Waals surface area contributed by atoms with Gasteiger partial charge in [0.25, 0.3) is 5.91 Å². The van der Waals surface area contributed by atoms with Gasteiger partial charge >= 0.3 is 7.12 Å². The quantitative estimate of drug-likeness (QED) is 0.365. The monoisotopic (exact) mass is 421 g/mol. The Balaban J connectivity index is 1.53. The van der Waals surface area contributed by atoms with Crippen LogP contribution in [0, 0.1) is 0 Å². The smallest absolute Gasteiger partial charge is 0.423 e. The highest BCUT2D eigenvalue weighted by Crippen LogP contribution is 2.39. The van der Waals surface area contributed by atoms with Gasteiger partial charge in [0, 0.05) is 48.7 Å². The Hall–Kier alpha value is -3.02. The fourth-order valence-corrected chi connectivity index (χ4v) is 3.88. The third-order valence-corrected chi connectivity index (χ3v) is 5.73. The standard InChI is InChI=1S/C20H24BN7O3/c1-11-10-28(7-6-22-11)20(29)19-23-15-5-4-13(21(30)31)8-14(15)18(25-19)24-17-9-16(26-27-17)12-2-3-12/h4-5,8-9,11-12,22,30-31H,2-3,6-7,10H2,1H3,(H2,23,24,25,26,27). The molecule has 2 aliphatic rings. The van der Waals surface area contributed by atoms with Crippen molar-refractivity contribution in [3.8, 4) is 0 Å². The van der Waals surface area contributed by atoms with E-state index in [1.807, 2.05) is 13.0 Å². The van der Waals surface area contributed by atoms with Crippen LogP contribution in [0.4, 0.5) is 11.6 Å². The van der Waals surface area contributed by atoms with Gasteiger partial charge in [-0.05, 0) is 37.4 Å². The van der Waals surface area contributed by atoms with Crippen molar-refractivity contribution in [1.82, 2.24) is 30.4 Å². The highest BCUT2D eigenvalue weighted by molar-refractivity contribution is 6.59. The van der Waals surface area contributed by atoms with Crippen LogP contribution in [0.15, 0.2) is 24.3 Å². The van der Waals surface area contributed by atoms with Gasteiger partial charge < -0.3 is 25.6 Å². The average Bonchev–Trinajstić information content (AvgIpc) is 3.51. The normalized spacial score (nSPS) is 18.9. The number of carbonyl (C=O) groups excluding carboxylic acids is 1. The van der Waals surface area contributed by atoms with Crippen LogP contribution >= 0.6 is 0 Å². The van der Waals surface area contributed by atoms with Gasteiger partial charge in [0.1, 0.15) is 5.82 Å². The summed E-state index contributed by atoms with van der Waals surface area (Å²) in [6, 6.07) is 6.99. The molecular weight excluding hydrogens is 397 g/mol. The SMILES string of the molecule is CC1CN(C(=O)c2nc(Nc3cc(C4CC4)[nH]n3)c3cc(B(O)O)ccc3n2)CCN1. The minimum Gasteiger partial charge on any atom is -0.423 e. The highest BCUT2D eigenvalue weighted by atomic mass is 16.4. The van der Waals surface area contributed by atoms with E-state index in [1.54, 1.807) is 23.1 Å². The summed E-state index contributed by atoms with van der Waals surface area (Å²) < 4.78 is 0. The lowest BCUT2D eigenvalue weighted by Crippen LogP contribution is -2.51. The van der Waals surface area contributed by atoms with Crippen LogP contribution in [0.2, 0.25) is 0 Å². The molecule has 1 aromatic carbocycles. The first-order chi connectivity index (χ1) is 15.0. The van der Waals surface area contributed by atoms with Gasteiger partial charge in [-0.2, -0.15) is 5.10 Å². The summed E-state index contributed by atoms with van der Waals surface area (Å²) in [4.78, 5) is 23.8. The molecule has 3 aromatic rings. The Kier molecular flexibility index (Phi) is 5.08. The summed E-state index contributed by atoms with van der Waals surface area (Å²) in [5.74, 6) is 1.37. The zero-order valence-electron chi connectivity index (χ0n) is 17.2. The maximum Gasteiger partial charge on any atom is 0.488 e. The molecule has 0 bridgehead atoms. The molecule has 10 nitrogen and oxygen atoms in total. The Morgan fingerprint density at radius 1 is 1.26 bits per heavy atom. The molecule has 5 N–H and O–H groups in total. The van der Waals surface area contributed by atoms with Crippen molar-refractivity contribution in [3.63, 3.8) is 0 Å². The second-order valence-corrected chi connectivity index (χ2v) is 8.26. The Morgan fingerprint density at radius 3 is 2.84 bits per heavy atom. The lowest BCUT2D eigenvalue weighted by Gasteiger charge is -2.31. The van der Waals surface area contributed by atoms with E-state index in [2.05, 4.69) is 30.8 Å². The van der Waals surface area contributed by atoms with E-state index < -0.39 is 7.12 Å². The van der Waals surface area contributed by atoms with E-state index in [0.717, 1.165) is 25.1 Å². The van der Waals surface area contributed by atoms with Crippen molar-refractivity contribution in [2.24, 2.45) is 0 Å². The van der Waals surface area contributed by atoms with Crippen molar-refractivity contribution in [3.05, 3.63) is 35.8 Å². The van der Waals surface area contributed by atoms with Gasteiger partial charge in [-0.15, -0.1) is 0 Å². The van der Waals surface area contributed by atoms with Crippen LogP contribution in [0.1, 0.15) is 42.0 Å². The number of piperazine rings is 1. The van der Waals surface area contributed by atoms with Crippen LogP contribution in [-0.4, -0.2) is 73.8 Å². The van der Waals surface area contributed by atoms with Crippen molar-refractivity contribution in [1.29, 1.82) is 0 Å². The van der Waals surface area contributed by atoms with E-state index in [1.165, 1.54) is 0 Å². The fraction of sp³-hybridized carbons (Fsp3) is 0.400. The number of nitrogens with one attached hydrogen (secondary N) is 3. The molecule has 31 heavy (non-hydrogen) atoms. The Morgan fingerprint density at radius 2 is 2.10 bits per heavy atom. The van der Waals surface area contributed by atoms with Gasteiger partial charge in [-0.25, -0.2) is 9.97 Å². The summed E-state index contributed by atoms with van der Waals surface area (Å²) in [5.41, 5.74) is 1.92. The summed E-state index contributed by atoms with van der Waals surface area (Å²) in [6.45, 7) is 3.93. The number of aromatic nitrogens is 4. The number of hydrogen-bond acceptors (Lipinski definition) is 8. The molecular formula is C20H24BN7O3. The summed E-state index contributed by atoms with van der Waals surface area (Å²) in [6.07, 6.45) is 2.30. The number of carbonyl (C=O) groups is 1. The van der Waals surface area contributed by atoms with Crippen LogP contribution in [0.5, 0.6) is 0 Å². The number of hydrogen-bond donors (Lipinski definition) is 5. The summed E-state index contributed by atoms with van der Waals surface area (Å²) in [7, 11) is -1.62. The second-order valence-electron chi connectivity index (χ2n) is 8.26. The van der Waals surface area contributed by atoms with Gasteiger partial charge in [-0.1, -0.05) is 6.07 Å². The molecule has 1 saturated carbocycles. The lowest BCUT2D eigenvalue weighted by molar-refractivity contribution is 0.0697. The fourth-order valence-electron chi connectivity index (χ4n) is 3.88. The molecule has 1 unspecified atom stereocenters.